The van der Waals surface area contributed by atoms with Gasteiger partial charge in [-0.1, -0.05) is 6.92 Å². The number of nitrogens with one attached hydrogen (secondary N) is 2. The fourth-order valence-corrected chi connectivity index (χ4v) is 2.51. The van der Waals surface area contributed by atoms with Crippen molar-refractivity contribution in [1.82, 2.24) is 10.6 Å². The molecule has 1 amide bonds. The van der Waals surface area contributed by atoms with Crippen LogP contribution in [0.2, 0.25) is 0 Å². The lowest BCUT2D eigenvalue weighted by molar-refractivity contribution is -0.385. The van der Waals surface area contributed by atoms with E-state index in [9.17, 15) is 19.3 Å². The van der Waals surface area contributed by atoms with E-state index >= 15 is 0 Å². The zero-order chi connectivity index (χ0) is 15.5. The SMILES string of the molecule is CC1(CNC(=O)c2cc(F)ccc2[N+](=O)[O-])CCCNC1. The van der Waals surface area contributed by atoms with Crippen molar-refractivity contribution < 1.29 is 14.1 Å². The third kappa shape index (κ3) is 3.75. The van der Waals surface area contributed by atoms with Crippen LogP contribution in [0.25, 0.3) is 0 Å². The molecule has 0 aliphatic carbocycles. The van der Waals surface area contributed by atoms with Crippen LogP contribution in [0, 0.1) is 21.3 Å². The predicted molar refractivity (Wildman–Crippen MR) is 75.6 cm³/mol. The summed E-state index contributed by atoms with van der Waals surface area (Å²) in [6.45, 7) is 4.17. The predicted octanol–water partition coefficient (Wildman–Crippen LogP) is 1.85. The highest BCUT2D eigenvalue weighted by Gasteiger charge is 2.28. The maximum atomic E-state index is 13.2. The summed E-state index contributed by atoms with van der Waals surface area (Å²) in [6.07, 6.45) is 1.98. The van der Waals surface area contributed by atoms with Gasteiger partial charge in [-0.2, -0.15) is 0 Å². The summed E-state index contributed by atoms with van der Waals surface area (Å²) < 4.78 is 13.2. The smallest absolute Gasteiger partial charge is 0.282 e. The van der Waals surface area contributed by atoms with Gasteiger partial charge in [0.25, 0.3) is 11.6 Å². The number of nitro benzene ring substituents is 1. The topological polar surface area (TPSA) is 84.3 Å². The molecule has 2 N–H and O–H groups in total. The number of nitro groups is 1. The van der Waals surface area contributed by atoms with Crippen LogP contribution in [-0.2, 0) is 0 Å². The number of carbonyl (C=O) groups is 1. The number of hydrogen-bond acceptors (Lipinski definition) is 4. The first-order valence-corrected chi connectivity index (χ1v) is 6.84. The molecular weight excluding hydrogens is 277 g/mol. The molecule has 1 aliphatic rings. The highest BCUT2D eigenvalue weighted by molar-refractivity contribution is 5.98. The first-order chi connectivity index (χ1) is 9.91. The second kappa shape index (κ2) is 6.17. The Balaban J connectivity index is 2.09. The average Bonchev–Trinajstić information content (AvgIpc) is 2.45. The third-order valence-electron chi connectivity index (χ3n) is 3.76. The molecule has 1 fully saturated rings. The van der Waals surface area contributed by atoms with Gasteiger partial charge >= 0.3 is 0 Å². The molecule has 0 aromatic heterocycles. The van der Waals surface area contributed by atoms with E-state index in [4.69, 9.17) is 0 Å². The molecule has 6 nitrogen and oxygen atoms in total. The minimum Gasteiger partial charge on any atom is -0.351 e. The quantitative estimate of drug-likeness (QED) is 0.656. The Kier molecular flexibility index (Phi) is 4.52. The minimum absolute atomic E-state index is 0.0873. The molecule has 0 spiro atoms. The third-order valence-corrected chi connectivity index (χ3v) is 3.76. The van der Waals surface area contributed by atoms with Crippen molar-refractivity contribution >= 4 is 11.6 Å². The van der Waals surface area contributed by atoms with Crippen LogP contribution in [0.4, 0.5) is 10.1 Å². The molecule has 1 saturated heterocycles. The second-order valence-corrected chi connectivity index (χ2v) is 5.69. The number of halogens is 1. The number of piperidine rings is 1. The van der Waals surface area contributed by atoms with Crippen LogP contribution in [0.15, 0.2) is 18.2 Å². The van der Waals surface area contributed by atoms with Crippen LogP contribution >= 0.6 is 0 Å². The van der Waals surface area contributed by atoms with Crippen LogP contribution in [0.5, 0.6) is 0 Å². The maximum absolute atomic E-state index is 13.2. The van der Waals surface area contributed by atoms with Gasteiger partial charge in [0.05, 0.1) is 4.92 Å². The van der Waals surface area contributed by atoms with Crippen LogP contribution < -0.4 is 10.6 Å². The van der Waals surface area contributed by atoms with Gasteiger partial charge in [0, 0.05) is 19.2 Å². The van der Waals surface area contributed by atoms with Crippen molar-refractivity contribution in [3.8, 4) is 0 Å². The van der Waals surface area contributed by atoms with E-state index in [0.717, 1.165) is 44.1 Å². The molecule has 7 heteroatoms. The van der Waals surface area contributed by atoms with Gasteiger partial charge in [-0.3, -0.25) is 14.9 Å². The van der Waals surface area contributed by atoms with E-state index in [-0.39, 0.29) is 16.7 Å². The van der Waals surface area contributed by atoms with E-state index < -0.39 is 16.6 Å². The van der Waals surface area contributed by atoms with Crippen molar-refractivity contribution in [1.29, 1.82) is 0 Å². The number of benzene rings is 1. The monoisotopic (exact) mass is 295 g/mol. The van der Waals surface area contributed by atoms with Gasteiger partial charge in [0.15, 0.2) is 0 Å². The van der Waals surface area contributed by atoms with Crippen molar-refractivity contribution in [2.24, 2.45) is 5.41 Å². The maximum Gasteiger partial charge on any atom is 0.282 e. The minimum atomic E-state index is -0.682. The Morgan fingerprint density at radius 2 is 2.33 bits per heavy atom. The lowest BCUT2D eigenvalue weighted by Crippen LogP contribution is -2.45. The van der Waals surface area contributed by atoms with Crippen molar-refractivity contribution in [3.63, 3.8) is 0 Å². The highest BCUT2D eigenvalue weighted by Crippen LogP contribution is 2.25. The molecule has 21 heavy (non-hydrogen) atoms. The van der Waals surface area contributed by atoms with E-state index in [1.807, 2.05) is 6.92 Å². The number of rotatable bonds is 4. The highest BCUT2D eigenvalue weighted by atomic mass is 19.1. The van der Waals surface area contributed by atoms with Crippen LogP contribution in [0.3, 0.4) is 0 Å². The van der Waals surface area contributed by atoms with Gasteiger partial charge in [0.1, 0.15) is 11.4 Å². The normalized spacial score (nSPS) is 21.8. The Bertz CT molecular complexity index is 556. The molecule has 1 heterocycles. The van der Waals surface area contributed by atoms with Crippen molar-refractivity contribution in [2.75, 3.05) is 19.6 Å². The molecule has 0 saturated carbocycles. The zero-order valence-corrected chi connectivity index (χ0v) is 11.8. The molecule has 0 bridgehead atoms. The average molecular weight is 295 g/mol. The summed E-state index contributed by atoms with van der Waals surface area (Å²) >= 11 is 0. The Morgan fingerprint density at radius 3 is 2.95 bits per heavy atom. The van der Waals surface area contributed by atoms with Gasteiger partial charge in [-0.05, 0) is 36.9 Å². The van der Waals surface area contributed by atoms with Gasteiger partial charge < -0.3 is 10.6 Å². The van der Waals surface area contributed by atoms with Crippen molar-refractivity contribution in [2.45, 2.75) is 19.8 Å². The summed E-state index contributed by atoms with van der Waals surface area (Å²) in [7, 11) is 0. The molecule has 1 aromatic rings. The van der Waals surface area contributed by atoms with Crippen LogP contribution in [0.1, 0.15) is 30.1 Å². The molecular formula is C14H18FN3O3. The van der Waals surface area contributed by atoms with Gasteiger partial charge in [0.2, 0.25) is 0 Å². The standard InChI is InChI=1S/C14H18FN3O3/c1-14(5-2-6-16-8-14)9-17-13(19)11-7-10(15)3-4-12(11)18(20)21/h3-4,7,16H,2,5-6,8-9H2,1H3,(H,17,19). The summed E-state index contributed by atoms with van der Waals surface area (Å²) in [5, 5.41) is 16.8. The molecule has 1 atom stereocenters. The molecule has 1 aliphatic heterocycles. The zero-order valence-electron chi connectivity index (χ0n) is 11.8. The fourth-order valence-electron chi connectivity index (χ4n) is 2.51. The molecule has 0 radical (unpaired) electrons. The summed E-state index contributed by atoms with van der Waals surface area (Å²) in [6, 6.07) is 2.88. The lowest BCUT2D eigenvalue weighted by atomic mass is 9.83. The molecule has 2 rings (SSSR count). The lowest BCUT2D eigenvalue weighted by Gasteiger charge is -2.34. The van der Waals surface area contributed by atoms with E-state index in [2.05, 4.69) is 10.6 Å². The van der Waals surface area contributed by atoms with E-state index in [1.165, 1.54) is 0 Å². The Hall–Kier alpha value is -2.02. The number of carbonyl (C=O) groups excluding carboxylic acids is 1. The second-order valence-electron chi connectivity index (χ2n) is 5.69. The van der Waals surface area contributed by atoms with Gasteiger partial charge in [-0.25, -0.2) is 4.39 Å². The van der Waals surface area contributed by atoms with Crippen molar-refractivity contribution in [3.05, 3.63) is 39.7 Å². The first-order valence-electron chi connectivity index (χ1n) is 6.84. The molecule has 1 unspecified atom stereocenters. The number of amides is 1. The van der Waals surface area contributed by atoms with Crippen LogP contribution in [-0.4, -0.2) is 30.5 Å². The number of nitrogens with zero attached hydrogens (tertiary/aromatic N) is 1. The van der Waals surface area contributed by atoms with E-state index in [1.54, 1.807) is 0 Å². The van der Waals surface area contributed by atoms with E-state index in [0.29, 0.717) is 6.54 Å². The molecule has 114 valence electrons. The summed E-state index contributed by atoms with van der Waals surface area (Å²) in [5.74, 6) is -1.29. The van der Waals surface area contributed by atoms with Gasteiger partial charge in [-0.15, -0.1) is 0 Å². The molecule has 1 aromatic carbocycles. The Morgan fingerprint density at radius 1 is 1.57 bits per heavy atom. The fraction of sp³-hybridized carbons (Fsp3) is 0.500. The first kappa shape index (κ1) is 15.4. The summed E-state index contributed by atoms with van der Waals surface area (Å²) in [5.41, 5.74) is -0.719. The largest absolute Gasteiger partial charge is 0.351 e. The summed E-state index contributed by atoms with van der Waals surface area (Å²) in [4.78, 5) is 22.3. The Labute approximate surface area is 121 Å². The number of hydrogen-bond donors (Lipinski definition) is 2.